The smallest absolute Gasteiger partial charge is 0.334 e. The van der Waals surface area contributed by atoms with Crippen LogP contribution in [0.5, 0.6) is 5.75 Å². The van der Waals surface area contributed by atoms with Crippen LogP contribution in [0.4, 0.5) is 10.5 Å². The maximum atomic E-state index is 11.6. The van der Waals surface area contributed by atoms with Gasteiger partial charge in [-0.05, 0) is 31.2 Å². The molecular weight excluding hydrogens is 264 g/mol. The molecule has 20 heavy (non-hydrogen) atoms. The summed E-state index contributed by atoms with van der Waals surface area (Å²) in [5.74, 6) is -0.419. The van der Waals surface area contributed by atoms with Crippen molar-refractivity contribution in [3.63, 3.8) is 0 Å². The van der Waals surface area contributed by atoms with Crippen molar-refractivity contribution < 1.29 is 24.2 Å². The quantitative estimate of drug-likeness (QED) is 0.700. The van der Waals surface area contributed by atoms with Gasteiger partial charge in [-0.1, -0.05) is 0 Å². The number of carboxylic acid groups (broad SMARTS) is 1. The molecule has 0 heterocycles. The third kappa shape index (κ3) is 5.15. The maximum absolute atomic E-state index is 11.6. The highest BCUT2D eigenvalue weighted by Crippen LogP contribution is 2.15. The molecule has 0 spiro atoms. The van der Waals surface area contributed by atoms with E-state index in [0.29, 0.717) is 18.0 Å². The molecule has 0 saturated heterocycles. The van der Waals surface area contributed by atoms with Gasteiger partial charge in [-0.3, -0.25) is 0 Å². The highest BCUT2D eigenvalue weighted by molar-refractivity contribution is 5.89. The monoisotopic (exact) mass is 282 g/mol. The van der Waals surface area contributed by atoms with E-state index in [1.54, 1.807) is 24.3 Å². The Labute approximate surface area is 116 Å². The average Bonchev–Trinajstić information content (AvgIpc) is 2.41. The van der Waals surface area contributed by atoms with Crippen LogP contribution in [0.15, 0.2) is 24.3 Å². The number of methoxy groups -OCH3 is 1. The van der Waals surface area contributed by atoms with E-state index < -0.39 is 18.1 Å². The number of anilines is 1. The highest BCUT2D eigenvalue weighted by Gasteiger charge is 2.16. The van der Waals surface area contributed by atoms with Crippen LogP contribution in [0, 0.1) is 0 Å². The van der Waals surface area contributed by atoms with Gasteiger partial charge in [0.05, 0.1) is 13.2 Å². The summed E-state index contributed by atoms with van der Waals surface area (Å²) >= 11 is 0. The molecular formula is C13H18N2O5. The number of nitrogens with one attached hydrogen (secondary N) is 2. The minimum atomic E-state index is -1.13. The molecule has 1 atom stereocenters. The lowest BCUT2D eigenvalue weighted by molar-refractivity contribution is -0.147. The molecule has 1 aromatic rings. The predicted molar refractivity (Wildman–Crippen MR) is 73.1 cm³/mol. The summed E-state index contributed by atoms with van der Waals surface area (Å²) in [6.45, 7) is 2.34. The molecule has 110 valence electrons. The fourth-order valence-electron chi connectivity index (χ4n) is 1.43. The topological polar surface area (TPSA) is 96.9 Å². The number of benzene rings is 1. The Kier molecular flexibility index (Phi) is 6.31. The van der Waals surface area contributed by atoms with Gasteiger partial charge in [0, 0.05) is 12.8 Å². The summed E-state index contributed by atoms with van der Waals surface area (Å²) < 4.78 is 9.97. The van der Waals surface area contributed by atoms with Gasteiger partial charge < -0.3 is 25.2 Å². The molecule has 0 fully saturated rings. The zero-order valence-corrected chi connectivity index (χ0v) is 11.4. The Bertz CT molecular complexity index is 447. The summed E-state index contributed by atoms with van der Waals surface area (Å²) in [5, 5.41) is 13.7. The summed E-state index contributed by atoms with van der Waals surface area (Å²) in [7, 11) is 1.27. The standard InChI is InChI=1S/C13H18N2O5/c1-3-20-10-6-4-9(5-7-10)15-13(18)14-8-11(19-2)12(16)17/h4-7,11H,3,8H2,1-2H3,(H,16,17)(H2,14,15,18). The van der Waals surface area contributed by atoms with Gasteiger partial charge in [0.2, 0.25) is 0 Å². The molecule has 3 N–H and O–H groups in total. The fraction of sp³-hybridized carbons (Fsp3) is 0.385. The van der Waals surface area contributed by atoms with Crippen molar-refractivity contribution in [2.45, 2.75) is 13.0 Å². The third-order valence-corrected chi connectivity index (χ3v) is 2.43. The normalized spacial score (nSPS) is 11.5. The molecule has 1 rings (SSSR count). The van der Waals surface area contributed by atoms with E-state index in [9.17, 15) is 9.59 Å². The molecule has 0 saturated carbocycles. The molecule has 1 unspecified atom stereocenters. The third-order valence-electron chi connectivity index (χ3n) is 2.43. The van der Waals surface area contributed by atoms with E-state index in [4.69, 9.17) is 14.6 Å². The van der Waals surface area contributed by atoms with Crippen LogP contribution in [0.3, 0.4) is 0 Å². The largest absolute Gasteiger partial charge is 0.494 e. The Balaban J connectivity index is 2.43. The summed E-state index contributed by atoms with van der Waals surface area (Å²) in [6, 6.07) is 6.34. The van der Waals surface area contributed by atoms with Gasteiger partial charge in [-0.25, -0.2) is 9.59 Å². The lowest BCUT2D eigenvalue weighted by Gasteiger charge is -2.12. The van der Waals surface area contributed by atoms with Crippen LogP contribution in [0.25, 0.3) is 0 Å². The van der Waals surface area contributed by atoms with E-state index in [1.165, 1.54) is 7.11 Å². The van der Waals surface area contributed by atoms with Gasteiger partial charge in [0.1, 0.15) is 5.75 Å². The van der Waals surface area contributed by atoms with Crippen LogP contribution in [-0.4, -0.2) is 43.5 Å². The molecule has 0 aliphatic rings. The number of urea groups is 1. The number of aliphatic carboxylic acids is 1. The van der Waals surface area contributed by atoms with Gasteiger partial charge in [0.25, 0.3) is 0 Å². The van der Waals surface area contributed by atoms with Crippen LogP contribution >= 0.6 is 0 Å². The molecule has 0 aliphatic heterocycles. The molecule has 1 aromatic carbocycles. The van der Waals surface area contributed by atoms with Crippen LogP contribution in [0.2, 0.25) is 0 Å². The van der Waals surface area contributed by atoms with Crippen LogP contribution < -0.4 is 15.4 Å². The van der Waals surface area contributed by atoms with Gasteiger partial charge in [-0.15, -0.1) is 0 Å². The number of carboxylic acids is 1. The van der Waals surface area contributed by atoms with Crippen molar-refractivity contribution in [2.24, 2.45) is 0 Å². The second kappa shape index (κ2) is 8.00. The predicted octanol–water partition coefficient (Wildman–Crippen LogP) is 1.31. The van der Waals surface area contributed by atoms with Crippen molar-refractivity contribution in [1.29, 1.82) is 0 Å². The van der Waals surface area contributed by atoms with Crippen molar-refractivity contribution in [2.75, 3.05) is 25.6 Å². The van der Waals surface area contributed by atoms with Gasteiger partial charge in [0.15, 0.2) is 6.10 Å². The van der Waals surface area contributed by atoms with Crippen molar-refractivity contribution in [3.05, 3.63) is 24.3 Å². The Morgan fingerprint density at radius 2 is 1.95 bits per heavy atom. The number of carbonyl (C=O) groups is 2. The first kappa shape index (κ1) is 15.8. The van der Waals surface area contributed by atoms with Crippen LogP contribution in [-0.2, 0) is 9.53 Å². The number of ether oxygens (including phenoxy) is 2. The first-order chi connectivity index (χ1) is 9.56. The van der Waals surface area contributed by atoms with E-state index in [2.05, 4.69) is 10.6 Å². The molecule has 0 aliphatic carbocycles. The summed E-state index contributed by atoms with van der Waals surface area (Å²) in [4.78, 5) is 22.3. The maximum Gasteiger partial charge on any atom is 0.334 e. The molecule has 0 bridgehead atoms. The SMILES string of the molecule is CCOc1ccc(NC(=O)NCC(OC)C(=O)O)cc1. The number of hydrogen-bond acceptors (Lipinski definition) is 4. The lowest BCUT2D eigenvalue weighted by atomic mass is 10.3. The number of rotatable bonds is 7. The zero-order valence-electron chi connectivity index (χ0n) is 11.4. The Hall–Kier alpha value is -2.28. The van der Waals surface area contributed by atoms with E-state index >= 15 is 0 Å². The van der Waals surface area contributed by atoms with Gasteiger partial charge >= 0.3 is 12.0 Å². The fourth-order valence-corrected chi connectivity index (χ4v) is 1.43. The van der Waals surface area contributed by atoms with Crippen LogP contribution in [0.1, 0.15) is 6.92 Å². The highest BCUT2D eigenvalue weighted by atomic mass is 16.5. The molecule has 0 aromatic heterocycles. The zero-order chi connectivity index (χ0) is 15.0. The number of amides is 2. The minimum Gasteiger partial charge on any atom is -0.494 e. The number of hydrogen-bond donors (Lipinski definition) is 3. The Morgan fingerprint density at radius 1 is 1.30 bits per heavy atom. The summed E-state index contributed by atoms with van der Waals surface area (Å²) in [5.41, 5.74) is 0.579. The molecule has 7 heteroatoms. The number of carbonyl (C=O) groups excluding carboxylic acids is 1. The van der Waals surface area contributed by atoms with Crippen molar-refractivity contribution >= 4 is 17.7 Å². The molecule has 7 nitrogen and oxygen atoms in total. The van der Waals surface area contributed by atoms with Crippen molar-refractivity contribution in [1.82, 2.24) is 5.32 Å². The second-order valence-electron chi connectivity index (χ2n) is 3.85. The average molecular weight is 282 g/mol. The molecule has 2 amide bonds. The van der Waals surface area contributed by atoms with Crippen molar-refractivity contribution in [3.8, 4) is 5.75 Å². The first-order valence-corrected chi connectivity index (χ1v) is 6.10. The second-order valence-corrected chi connectivity index (χ2v) is 3.85. The van der Waals surface area contributed by atoms with E-state index in [1.807, 2.05) is 6.92 Å². The van der Waals surface area contributed by atoms with Gasteiger partial charge in [-0.2, -0.15) is 0 Å². The molecule has 0 radical (unpaired) electrons. The Morgan fingerprint density at radius 3 is 2.45 bits per heavy atom. The van der Waals surface area contributed by atoms with E-state index in [0.717, 1.165) is 0 Å². The minimum absolute atomic E-state index is 0.116. The lowest BCUT2D eigenvalue weighted by Crippen LogP contribution is -2.39. The van der Waals surface area contributed by atoms with E-state index in [-0.39, 0.29) is 6.54 Å². The summed E-state index contributed by atoms with van der Waals surface area (Å²) in [6.07, 6.45) is -1.07. The first-order valence-electron chi connectivity index (χ1n) is 6.10.